The third-order valence-corrected chi connectivity index (χ3v) is 4.04. The molecule has 2 aromatic rings. The van der Waals surface area contributed by atoms with Crippen molar-refractivity contribution in [3.8, 4) is 0 Å². The minimum absolute atomic E-state index is 0.150. The van der Waals surface area contributed by atoms with Gasteiger partial charge in [-0.15, -0.1) is 0 Å². The molecule has 0 saturated carbocycles. The van der Waals surface area contributed by atoms with Gasteiger partial charge in [0.05, 0.1) is 4.90 Å². The van der Waals surface area contributed by atoms with E-state index in [2.05, 4.69) is 15.1 Å². The van der Waals surface area contributed by atoms with Crippen LogP contribution in [0.5, 0.6) is 0 Å². The molecular formula is C13H16N4O2S. The van der Waals surface area contributed by atoms with Crippen molar-refractivity contribution in [1.29, 1.82) is 0 Å². The maximum atomic E-state index is 12.2. The average molecular weight is 292 g/mol. The highest BCUT2D eigenvalue weighted by molar-refractivity contribution is 7.92. The van der Waals surface area contributed by atoms with Gasteiger partial charge in [0.2, 0.25) is 0 Å². The molecule has 0 radical (unpaired) electrons. The minimum atomic E-state index is -3.65. The molecule has 0 amide bonds. The number of aromatic nitrogens is 1. The highest BCUT2D eigenvalue weighted by Crippen LogP contribution is 2.17. The SMILES string of the molecule is Cc1cc(C)nc(NS(=O)(=O)c2ccc(NN)cc2)c1. The lowest BCUT2D eigenvalue weighted by molar-refractivity contribution is 0.601. The molecule has 2 rings (SSSR count). The number of rotatable bonds is 4. The van der Waals surface area contributed by atoms with Crippen LogP contribution in [0.4, 0.5) is 11.5 Å². The van der Waals surface area contributed by atoms with Crippen LogP contribution >= 0.6 is 0 Å². The van der Waals surface area contributed by atoms with Crippen LogP contribution in [-0.2, 0) is 10.0 Å². The van der Waals surface area contributed by atoms with Gasteiger partial charge in [0.1, 0.15) is 5.82 Å². The minimum Gasteiger partial charge on any atom is -0.324 e. The molecule has 1 aromatic carbocycles. The summed E-state index contributed by atoms with van der Waals surface area (Å²) in [5.74, 6) is 5.55. The summed E-state index contributed by atoms with van der Waals surface area (Å²) >= 11 is 0. The van der Waals surface area contributed by atoms with Crippen molar-refractivity contribution in [3.63, 3.8) is 0 Å². The quantitative estimate of drug-likeness (QED) is 0.589. The highest BCUT2D eigenvalue weighted by Gasteiger charge is 2.15. The number of nitrogen functional groups attached to an aromatic ring is 1. The Kier molecular flexibility index (Phi) is 3.91. The van der Waals surface area contributed by atoms with Gasteiger partial charge in [-0.05, 0) is 55.8 Å². The molecule has 0 atom stereocenters. The summed E-state index contributed by atoms with van der Waals surface area (Å²) in [7, 11) is -3.65. The lowest BCUT2D eigenvalue weighted by Crippen LogP contribution is -2.14. The first-order valence-electron chi connectivity index (χ1n) is 5.95. The predicted octanol–water partition coefficient (Wildman–Crippen LogP) is 1.78. The van der Waals surface area contributed by atoms with E-state index in [0.29, 0.717) is 11.5 Å². The van der Waals surface area contributed by atoms with E-state index < -0.39 is 10.0 Å². The first-order chi connectivity index (χ1) is 9.40. The summed E-state index contributed by atoms with van der Waals surface area (Å²) in [5, 5.41) is 0. The van der Waals surface area contributed by atoms with E-state index in [-0.39, 0.29) is 4.90 Å². The van der Waals surface area contributed by atoms with Crippen LogP contribution < -0.4 is 16.0 Å². The van der Waals surface area contributed by atoms with Gasteiger partial charge in [-0.2, -0.15) is 0 Å². The second-order valence-electron chi connectivity index (χ2n) is 4.45. The Morgan fingerprint density at radius 2 is 1.75 bits per heavy atom. The van der Waals surface area contributed by atoms with Crippen molar-refractivity contribution in [3.05, 3.63) is 47.7 Å². The maximum Gasteiger partial charge on any atom is 0.263 e. The molecule has 20 heavy (non-hydrogen) atoms. The fraction of sp³-hybridized carbons (Fsp3) is 0.154. The van der Waals surface area contributed by atoms with Crippen LogP contribution in [-0.4, -0.2) is 13.4 Å². The molecule has 0 spiro atoms. The van der Waals surface area contributed by atoms with Crippen molar-refractivity contribution in [1.82, 2.24) is 4.98 Å². The van der Waals surface area contributed by atoms with Gasteiger partial charge in [0.15, 0.2) is 0 Å². The smallest absolute Gasteiger partial charge is 0.263 e. The van der Waals surface area contributed by atoms with E-state index in [1.54, 1.807) is 18.2 Å². The fourth-order valence-electron chi connectivity index (χ4n) is 1.82. The van der Waals surface area contributed by atoms with Gasteiger partial charge >= 0.3 is 0 Å². The molecule has 1 aromatic heterocycles. The Morgan fingerprint density at radius 3 is 2.30 bits per heavy atom. The van der Waals surface area contributed by atoms with Crippen molar-refractivity contribution in [2.75, 3.05) is 10.1 Å². The molecular weight excluding hydrogens is 276 g/mol. The number of hydrazine groups is 1. The number of nitrogens with one attached hydrogen (secondary N) is 2. The number of nitrogens with two attached hydrogens (primary N) is 1. The Hall–Kier alpha value is -2.12. The summed E-state index contributed by atoms with van der Waals surface area (Å²) in [6.07, 6.45) is 0. The van der Waals surface area contributed by atoms with E-state index in [1.807, 2.05) is 19.9 Å². The Labute approximate surface area is 118 Å². The molecule has 106 valence electrons. The number of hydrogen-bond acceptors (Lipinski definition) is 5. The van der Waals surface area contributed by atoms with Gasteiger partial charge < -0.3 is 5.43 Å². The van der Waals surface area contributed by atoms with Crippen LogP contribution in [0.1, 0.15) is 11.3 Å². The van der Waals surface area contributed by atoms with Crippen molar-refractivity contribution in [2.45, 2.75) is 18.7 Å². The van der Waals surface area contributed by atoms with Crippen molar-refractivity contribution >= 4 is 21.5 Å². The normalized spacial score (nSPS) is 11.2. The van der Waals surface area contributed by atoms with Crippen LogP contribution in [0.3, 0.4) is 0 Å². The summed E-state index contributed by atoms with van der Waals surface area (Å²) in [6.45, 7) is 3.70. The molecule has 0 bridgehead atoms. The lowest BCUT2D eigenvalue weighted by Gasteiger charge is -2.09. The number of pyridine rings is 1. The summed E-state index contributed by atoms with van der Waals surface area (Å²) < 4.78 is 26.9. The van der Waals surface area contributed by atoms with Crippen molar-refractivity contribution in [2.24, 2.45) is 5.84 Å². The van der Waals surface area contributed by atoms with Crippen LogP contribution in [0.25, 0.3) is 0 Å². The van der Waals surface area contributed by atoms with Gasteiger partial charge in [-0.25, -0.2) is 13.4 Å². The number of anilines is 2. The number of sulfonamides is 1. The maximum absolute atomic E-state index is 12.2. The Bertz CT molecular complexity index is 691. The highest BCUT2D eigenvalue weighted by atomic mass is 32.2. The molecule has 6 nitrogen and oxygen atoms in total. The molecule has 0 saturated heterocycles. The molecule has 0 aliphatic heterocycles. The summed E-state index contributed by atoms with van der Waals surface area (Å²) in [4.78, 5) is 4.31. The van der Waals surface area contributed by atoms with Crippen LogP contribution in [0.15, 0.2) is 41.3 Å². The van der Waals surface area contributed by atoms with E-state index in [1.165, 1.54) is 12.1 Å². The third-order valence-electron chi connectivity index (χ3n) is 2.67. The van der Waals surface area contributed by atoms with E-state index >= 15 is 0 Å². The topological polar surface area (TPSA) is 97.1 Å². The van der Waals surface area contributed by atoms with Gasteiger partial charge in [0, 0.05) is 11.4 Å². The molecule has 0 unspecified atom stereocenters. The number of aryl methyl sites for hydroxylation is 2. The number of benzene rings is 1. The van der Waals surface area contributed by atoms with Crippen LogP contribution in [0.2, 0.25) is 0 Å². The second-order valence-corrected chi connectivity index (χ2v) is 6.13. The summed E-state index contributed by atoms with van der Waals surface area (Å²) in [6, 6.07) is 9.67. The zero-order chi connectivity index (χ0) is 14.8. The second kappa shape index (κ2) is 5.48. The van der Waals surface area contributed by atoms with E-state index in [4.69, 9.17) is 5.84 Å². The van der Waals surface area contributed by atoms with Crippen molar-refractivity contribution < 1.29 is 8.42 Å². The summed E-state index contributed by atoms with van der Waals surface area (Å²) in [5.41, 5.74) is 4.77. The standard InChI is InChI=1S/C13H16N4O2S/c1-9-7-10(2)15-13(8-9)17-20(18,19)12-5-3-11(16-14)4-6-12/h3-8,16H,14H2,1-2H3,(H,15,17). The van der Waals surface area contributed by atoms with Crippen LogP contribution in [0, 0.1) is 13.8 Å². The third kappa shape index (κ3) is 3.25. The van der Waals surface area contributed by atoms with Gasteiger partial charge in [0.25, 0.3) is 10.0 Å². The van der Waals surface area contributed by atoms with E-state index in [9.17, 15) is 8.42 Å². The average Bonchev–Trinajstić information content (AvgIpc) is 2.37. The zero-order valence-electron chi connectivity index (χ0n) is 11.2. The zero-order valence-corrected chi connectivity index (χ0v) is 12.0. The Morgan fingerprint density at radius 1 is 1.10 bits per heavy atom. The molecule has 0 aliphatic carbocycles. The molecule has 7 heteroatoms. The lowest BCUT2D eigenvalue weighted by atomic mass is 10.2. The molecule has 4 N–H and O–H groups in total. The number of hydrogen-bond donors (Lipinski definition) is 3. The molecule has 0 aliphatic rings. The first-order valence-corrected chi connectivity index (χ1v) is 7.44. The Balaban J connectivity index is 2.30. The largest absolute Gasteiger partial charge is 0.324 e. The first kappa shape index (κ1) is 14.3. The number of nitrogens with zero attached hydrogens (tertiary/aromatic N) is 1. The monoisotopic (exact) mass is 292 g/mol. The fourth-order valence-corrected chi connectivity index (χ4v) is 2.81. The molecule has 1 heterocycles. The predicted molar refractivity (Wildman–Crippen MR) is 78.8 cm³/mol. The van der Waals surface area contributed by atoms with E-state index in [0.717, 1.165) is 11.3 Å². The van der Waals surface area contributed by atoms with Gasteiger partial charge in [-0.1, -0.05) is 0 Å². The van der Waals surface area contributed by atoms with Gasteiger partial charge in [-0.3, -0.25) is 10.6 Å². The molecule has 0 fully saturated rings.